The maximum atomic E-state index is 14.7. The lowest BCUT2D eigenvalue weighted by Gasteiger charge is -2.70. The first-order valence-electron chi connectivity index (χ1n) is 18.0. The van der Waals surface area contributed by atoms with Crippen molar-refractivity contribution >= 4 is 23.6 Å². The summed E-state index contributed by atoms with van der Waals surface area (Å²) < 4.78 is 10.9. The standard InChI is InChI=1S/C39H61NO6/c1-23(2)20-27(32(43)45-11)40-33(44)36(7)17-16-35(6)18-19-38(9)25(26(35)22-36)21-28(42)31-37(8)14-13-30(46-24(3)41)34(4,5)29(37)12-15-39(31,38)10/h21,23,26-27,29-31H,12-20,22H2,1-11H3,(H,40,44)/t26-,27-,29-,30-,31+,35+,36-,37-,38+,39+/m0/s1. The van der Waals surface area contributed by atoms with Gasteiger partial charge >= 0.3 is 11.9 Å². The highest BCUT2D eigenvalue weighted by Crippen LogP contribution is 2.75. The second-order valence-electron chi connectivity index (χ2n) is 18.4. The summed E-state index contributed by atoms with van der Waals surface area (Å²) in [5, 5.41) is 3.09. The highest BCUT2D eigenvalue weighted by molar-refractivity contribution is 5.96. The first kappa shape index (κ1) is 35.1. The molecule has 0 spiro atoms. The van der Waals surface area contributed by atoms with Gasteiger partial charge in [0.25, 0.3) is 0 Å². The molecule has 5 rings (SSSR count). The van der Waals surface area contributed by atoms with Crippen LogP contribution in [0.15, 0.2) is 11.6 Å². The van der Waals surface area contributed by atoms with Crippen molar-refractivity contribution in [3.8, 4) is 0 Å². The molecule has 0 heterocycles. The number of carbonyl (C=O) groups is 4. The Morgan fingerprint density at radius 3 is 2.20 bits per heavy atom. The molecule has 0 bridgehead atoms. The summed E-state index contributed by atoms with van der Waals surface area (Å²) in [5.41, 5.74) is -0.0979. The number of carbonyl (C=O) groups excluding carboxylic acids is 4. The van der Waals surface area contributed by atoms with E-state index in [1.165, 1.54) is 19.6 Å². The predicted molar refractivity (Wildman–Crippen MR) is 178 cm³/mol. The zero-order valence-corrected chi connectivity index (χ0v) is 30.6. The van der Waals surface area contributed by atoms with Crippen LogP contribution in [0.5, 0.6) is 0 Å². The molecule has 1 amide bonds. The molecule has 1 N–H and O–H groups in total. The van der Waals surface area contributed by atoms with Crippen LogP contribution in [0.3, 0.4) is 0 Å². The van der Waals surface area contributed by atoms with Crippen molar-refractivity contribution in [2.24, 2.45) is 56.2 Å². The van der Waals surface area contributed by atoms with Crippen molar-refractivity contribution in [2.75, 3.05) is 7.11 Å². The fraction of sp³-hybridized carbons (Fsp3) is 0.846. The van der Waals surface area contributed by atoms with E-state index in [4.69, 9.17) is 9.47 Å². The van der Waals surface area contributed by atoms with Crippen LogP contribution >= 0.6 is 0 Å². The molecule has 4 fully saturated rings. The Labute approximate surface area is 277 Å². The van der Waals surface area contributed by atoms with Gasteiger partial charge in [0.05, 0.1) is 7.11 Å². The summed E-state index contributed by atoms with van der Waals surface area (Å²) in [6, 6.07) is -0.662. The molecule has 0 aromatic rings. The Morgan fingerprint density at radius 1 is 0.935 bits per heavy atom. The number of methoxy groups -OCH3 is 1. The molecule has 258 valence electrons. The van der Waals surface area contributed by atoms with Gasteiger partial charge in [0.15, 0.2) is 5.78 Å². The lowest BCUT2D eigenvalue weighted by molar-refractivity contribution is -0.210. The highest BCUT2D eigenvalue weighted by atomic mass is 16.5. The summed E-state index contributed by atoms with van der Waals surface area (Å²) in [4.78, 5) is 53.3. The predicted octanol–water partition coefficient (Wildman–Crippen LogP) is 7.60. The lowest BCUT2D eigenvalue weighted by Crippen LogP contribution is -2.67. The zero-order valence-electron chi connectivity index (χ0n) is 30.6. The minimum absolute atomic E-state index is 0.0273. The Bertz CT molecular complexity index is 1320. The Balaban J connectivity index is 1.49. The molecule has 4 saturated carbocycles. The lowest BCUT2D eigenvalue weighted by atomic mass is 9.33. The molecule has 0 radical (unpaired) electrons. The normalized spacial score (nSPS) is 43.6. The fourth-order valence-electron chi connectivity index (χ4n) is 11.9. The molecule has 5 aliphatic rings. The van der Waals surface area contributed by atoms with Crippen molar-refractivity contribution in [3.63, 3.8) is 0 Å². The molecule has 0 saturated heterocycles. The molecule has 0 aliphatic heterocycles. The third-order valence-corrected chi connectivity index (χ3v) is 14.9. The molecule has 46 heavy (non-hydrogen) atoms. The van der Waals surface area contributed by atoms with E-state index in [2.05, 4.69) is 53.8 Å². The third kappa shape index (κ3) is 5.19. The van der Waals surface area contributed by atoms with Gasteiger partial charge < -0.3 is 14.8 Å². The van der Waals surface area contributed by atoms with Crippen LogP contribution in [0.4, 0.5) is 0 Å². The number of rotatable bonds is 6. The summed E-state index contributed by atoms with van der Waals surface area (Å²) in [7, 11) is 1.37. The van der Waals surface area contributed by atoms with Gasteiger partial charge in [0.2, 0.25) is 5.91 Å². The van der Waals surface area contributed by atoms with Gasteiger partial charge in [-0.1, -0.05) is 67.9 Å². The quantitative estimate of drug-likeness (QED) is 0.301. The molecule has 7 heteroatoms. The summed E-state index contributed by atoms with van der Waals surface area (Å²) >= 11 is 0. The maximum absolute atomic E-state index is 14.7. The number of esters is 2. The number of hydrogen-bond acceptors (Lipinski definition) is 6. The summed E-state index contributed by atoms with van der Waals surface area (Å²) in [6.07, 6.45) is 10.6. The van der Waals surface area contributed by atoms with Gasteiger partial charge in [-0.2, -0.15) is 0 Å². The van der Waals surface area contributed by atoms with E-state index in [0.29, 0.717) is 12.8 Å². The monoisotopic (exact) mass is 639 g/mol. The first-order chi connectivity index (χ1) is 21.2. The van der Waals surface area contributed by atoms with Gasteiger partial charge in [-0.05, 0) is 110 Å². The average Bonchev–Trinajstić information content (AvgIpc) is 2.95. The smallest absolute Gasteiger partial charge is 0.328 e. The average molecular weight is 640 g/mol. The van der Waals surface area contributed by atoms with E-state index in [9.17, 15) is 19.2 Å². The third-order valence-electron chi connectivity index (χ3n) is 14.9. The Hall–Kier alpha value is -2.18. The van der Waals surface area contributed by atoms with Gasteiger partial charge in [-0.25, -0.2) is 4.79 Å². The number of nitrogens with one attached hydrogen (secondary N) is 1. The van der Waals surface area contributed by atoms with Crippen LogP contribution in [0.25, 0.3) is 0 Å². The van der Waals surface area contributed by atoms with Crippen LogP contribution < -0.4 is 5.32 Å². The van der Waals surface area contributed by atoms with Crippen LogP contribution in [-0.2, 0) is 28.7 Å². The van der Waals surface area contributed by atoms with Gasteiger partial charge in [-0.15, -0.1) is 0 Å². The highest BCUT2D eigenvalue weighted by Gasteiger charge is 2.70. The van der Waals surface area contributed by atoms with Crippen LogP contribution in [-0.4, -0.2) is 42.9 Å². The van der Waals surface area contributed by atoms with Crippen molar-refractivity contribution in [1.82, 2.24) is 5.32 Å². The number of fused-ring (bicyclic) bond motifs is 7. The molecular weight excluding hydrogens is 578 g/mol. The van der Waals surface area contributed by atoms with E-state index in [0.717, 1.165) is 51.4 Å². The largest absolute Gasteiger partial charge is 0.467 e. The van der Waals surface area contributed by atoms with E-state index in [-0.39, 0.29) is 74.5 Å². The van der Waals surface area contributed by atoms with Gasteiger partial charge in [0, 0.05) is 23.7 Å². The zero-order chi connectivity index (χ0) is 34.3. The number of amides is 1. The van der Waals surface area contributed by atoms with Gasteiger partial charge in [-0.3, -0.25) is 14.4 Å². The van der Waals surface area contributed by atoms with E-state index in [1.807, 2.05) is 19.9 Å². The van der Waals surface area contributed by atoms with Crippen molar-refractivity contribution in [1.29, 1.82) is 0 Å². The first-order valence-corrected chi connectivity index (χ1v) is 18.0. The molecule has 0 unspecified atom stereocenters. The van der Waals surface area contributed by atoms with E-state index >= 15 is 0 Å². The Kier molecular flexibility index (Phi) is 8.76. The molecule has 7 nitrogen and oxygen atoms in total. The van der Waals surface area contributed by atoms with Crippen LogP contribution in [0.1, 0.15) is 133 Å². The fourth-order valence-corrected chi connectivity index (χ4v) is 11.9. The summed E-state index contributed by atoms with van der Waals surface area (Å²) in [5.74, 6) is 0.100. The molecule has 0 aromatic carbocycles. The molecule has 0 aromatic heterocycles. The van der Waals surface area contributed by atoms with E-state index < -0.39 is 17.4 Å². The van der Waals surface area contributed by atoms with Gasteiger partial charge in [0.1, 0.15) is 12.1 Å². The number of ketones is 1. The minimum atomic E-state index is -0.662. The number of ether oxygens (including phenoxy) is 2. The van der Waals surface area contributed by atoms with Crippen molar-refractivity contribution < 1.29 is 28.7 Å². The number of hydrogen-bond donors (Lipinski definition) is 1. The van der Waals surface area contributed by atoms with E-state index in [1.54, 1.807) is 0 Å². The second kappa shape index (κ2) is 11.5. The molecule has 10 atom stereocenters. The Morgan fingerprint density at radius 2 is 1.59 bits per heavy atom. The van der Waals surface area contributed by atoms with Crippen LogP contribution in [0.2, 0.25) is 0 Å². The van der Waals surface area contributed by atoms with Crippen molar-refractivity contribution in [3.05, 3.63) is 11.6 Å². The summed E-state index contributed by atoms with van der Waals surface area (Å²) in [6.45, 7) is 21.7. The minimum Gasteiger partial charge on any atom is -0.467 e. The van der Waals surface area contributed by atoms with Crippen molar-refractivity contribution in [2.45, 2.75) is 146 Å². The number of allylic oxidation sites excluding steroid dienone is 2. The topological polar surface area (TPSA) is 98.8 Å². The maximum Gasteiger partial charge on any atom is 0.328 e. The SMILES string of the molecule is COC(=O)[C@H](CC(C)C)NC(=O)[C@@]1(C)CC[C@]2(C)CC[C@]3(C)C(=CC(=O)[C@@H]4[C@@]5(C)CC[C@H](OC(C)=O)C(C)(C)[C@@H]5CC[C@]43C)[C@@H]2C1. The molecule has 5 aliphatic carbocycles. The molecular formula is C39H61NO6. The van der Waals surface area contributed by atoms with Crippen LogP contribution in [0, 0.1) is 56.2 Å². The second-order valence-corrected chi connectivity index (χ2v) is 18.4.